The summed E-state index contributed by atoms with van der Waals surface area (Å²) in [5, 5.41) is 22.6. The maximum absolute atomic E-state index is 14.5. The standard InChI is InChI=1S/C54H83N13O9/c1-4-5-6-7-11-18-47(69)61-45(31-58)54(76)65-42-22-26-59-48(70)35(29-36-32-60-38-17-13-12-16-37(36)38)30-46(68)39(19-23-55)62-49(71)40(20-24-56)64-52(74)43(27-33(2)3)66-53(75)44(28-34-14-9-8-10-15-34)67-50(72)41(21-25-57)63-51(42)73/h8-10,12-17,32-33,35,39-45,60H,4-7,11,18-31,55-58H2,1-3H3,(H,59,70)(H,61,69)(H,62,71)(H,63,73)(H,64,74)(H,65,76)(H,66,75)(H,67,72)/t35-,39+,40+,41+,42+,43+,44-,45-/m1/s1. The van der Waals surface area contributed by atoms with E-state index in [1.165, 1.54) is 0 Å². The first kappa shape index (κ1) is 61.8. The number of benzene rings is 2. The molecule has 4 rings (SSSR count). The number of hydrogen-bond donors (Lipinski definition) is 13. The fraction of sp³-hybridized carbons (Fsp3) is 0.574. The molecule has 1 aliphatic rings. The Balaban J connectivity index is 1.78. The molecule has 2 aromatic carbocycles. The third-order valence-electron chi connectivity index (χ3n) is 13.3. The van der Waals surface area contributed by atoms with Crippen molar-refractivity contribution in [3.63, 3.8) is 0 Å². The van der Waals surface area contributed by atoms with E-state index in [-0.39, 0.29) is 96.4 Å². The first-order chi connectivity index (χ1) is 36.5. The van der Waals surface area contributed by atoms with Gasteiger partial charge in [0.2, 0.25) is 47.3 Å². The van der Waals surface area contributed by atoms with Crippen LogP contribution in [0.25, 0.3) is 10.9 Å². The predicted molar refractivity (Wildman–Crippen MR) is 289 cm³/mol. The Morgan fingerprint density at radius 1 is 0.645 bits per heavy atom. The second-order valence-electron chi connectivity index (χ2n) is 19.9. The molecule has 0 saturated carbocycles. The Morgan fingerprint density at radius 2 is 1.21 bits per heavy atom. The molecule has 1 saturated heterocycles. The number of hydrogen-bond acceptors (Lipinski definition) is 13. The summed E-state index contributed by atoms with van der Waals surface area (Å²) in [4.78, 5) is 130. The number of ketones is 1. The van der Waals surface area contributed by atoms with Crippen LogP contribution in [0.15, 0.2) is 60.8 Å². The van der Waals surface area contributed by atoms with Crippen molar-refractivity contribution in [1.29, 1.82) is 0 Å². The molecule has 0 radical (unpaired) electrons. The van der Waals surface area contributed by atoms with Crippen LogP contribution in [-0.4, -0.2) is 133 Å². The minimum atomic E-state index is -1.44. The van der Waals surface area contributed by atoms with Gasteiger partial charge in [-0.15, -0.1) is 0 Å². The van der Waals surface area contributed by atoms with Gasteiger partial charge >= 0.3 is 0 Å². The zero-order chi connectivity index (χ0) is 55.6. The number of aromatic amines is 1. The molecule has 76 heavy (non-hydrogen) atoms. The summed E-state index contributed by atoms with van der Waals surface area (Å²) in [6, 6.07) is 7.18. The second kappa shape index (κ2) is 32.6. The van der Waals surface area contributed by atoms with Crippen molar-refractivity contribution < 1.29 is 43.2 Å². The van der Waals surface area contributed by atoms with Gasteiger partial charge in [0.15, 0.2) is 5.78 Å². The molecule has 2 heterocycles. The number of para-hydroxylation sites is 1. The van der Waals surface area contributed by atoms with Gasteiger partial charge in [0, 0.05) is 55.4 Å². The first-order valence-electron chi connectivity index (χ1n) is 26.8. The molecule has 17 N–H and O–H groups in total. The summed E-state index contributed by atoms with van der Waals surface area (Å²) in [5.74, 6) is -7.37. The third kappa shape index (κ3) is 20.1. The number of aromatic nitrogens is 1. The van der Waals surface area contributed by atoms with Crippen molar-refractivity contribution in [2.45, 2.75) is 153 Å². The molecule has 0 aliphatic carbocycles. The molecule has 418 valence electrons. The zero-order valence-corrected chi connectivity index (χ0v) is 44.4. The fourth-order valence-corrected chi connectivity index (χ4v) is 9.10. The van der Waals surface area contributed by atoms with Crippen LogP contribution >= 0.6 is 0 Å². The number of nitrogens with two attached hydrogens (primary N) is 4. The zero-order valence-electron chi connectivity index (χ0n) is 44.4. The summed E-state index contributed by atoms with van der Waals surface area (Å²) in [6.07, 6.45) is 5.70. The Hall–Kier alpha value is -6.75. The SMILES string of the molecule is CCCCCCCC(=O)N[C@H](CN)C(=O)N[C@H]1CCNC(=O)[C@H](Cc2c[nH]c3ccccc23)CC(=O)[C@H](CCN)NC(=O)[C@H](CCN)NC(=O)[C@H](CC(C)C)NC(=O)[C@@H](Cc2ccccc2)NC(=O)[C@H](CCN)NC1=O. The first-order valence-corrected chi connectivity index (χ1v) is 26.8. The Bertz CT molecular complexity index is 2380. The summed E-state index contributed by atoms with van der Waals surface area (Å²) in [6.45, 7) is 5.04. The minimum absolute atomic E-state index is 0.0132. The molecule has 3 aromatic rings. The van der Waals surface area contributed by atoms with Gasteiger partial charge in [-0.25, -0.2) is 0 Å². The van der Waals surface area contributed by atoms with Crippen LogP contribution in [0.4, 0.5) is 0 Å². The van der Waals surface area contributed by atoms with E-state index in [0.717, 1.165) is 42.1 Å². The van der Waals surface area contributed by atoms with Gasteiger partial charge in [0.05, 0.1) is 6.04 Å². The van der Waals surface area contributed by atoms with Crippen molar-refractivity contribution in [3.8, 4) is 0 Å². The smallest absolute Gasteiger partial charge is 0.244 e. The Labute approximate surface area is 445 Å². The van der Waals surface area contributed by atoms with E-state index < -0.39 is 101 Å². The molecule has 22 heteroatoms. The number of amides is 8. The monoisotopic (exact) mass is 1060 g/mol. The Morgan fingerprint density at radius 3 is 1.86 bits per heavy atom. The maximum atomic E-state index is 14.5. The van der Waals surface area contributed by atoms with Gasteiger partial charge in [-0.05, 0) is 87.7 Å². The number of rotatable bonds is 22. The van der Waals surface area contributed by atoms with Gasteiger partial charge in [0.1, 0.15) is 36.3 Å². The number of carbonyl (C=O) groups is 9. The lowest BCUT2D eigenvalue weighted by Gasteiger charge is -2.28. The van der Waals surface area contributed by atoms with E-state index in [1.54, 1.807) is 36.5 Å². The highest BCUT2D eigenvalue weighted by Crippen LogP contribution is 2.23. The lowest BCUT2D eigenvalue weighted by molar-refractivity contribution is -0.136. The van der Waals surface area contributed by atoms with E-state index in [0.29, 0.717) is 12.0 Å². The third-order valence-corrected chi connectivity index (χ3v) is 13.3. The molecular weight excluding hydrogens is 975 g/mol. The molecule has 0 unspecified atom stereocenters. The molecule has 8 atom stereocenters. The van der Waals surface area contributed by atoms with Crippen LogP contribution in [-0.2, 0) is 56.0 Å². The topological polar surface area (TPSA) is 370 Å². The van der Waals surface area contributed by atoms with E-state index >= 15 is 0 Å². The number of carbonyl (C=O) groups excluding carboxylic acids is 9. The summed E-state index contributed by atoms with van der Waals surface area (Å²) < 4.78 is 0. The van der Waals surface area contributed by atoms with Gasteiger partial charge < -0.3 is 70.5 Å². The molecular formula is C54H83N13O9. The molecule has 1 fully saturated rings. The van der Waals surface area contributed by atoms with Crippen molar-refractivity contribution in [2.75, 3.05) is 32.7 Å². The Kier molecular flexibility index (Phi) is 26.5. The number of unbranched alkanes of at least 4 members (excludes halogenated alkanes) is 4. The number of Topliss-reactive ketones (excluding diaryl/α,β-unsaturated/α-hetero) is 1. The van der Waals surface area contributed by atoms with Gasteiger partial charge in [0.25, 0.3) is 0 Å². The summed E-state index contributed by atoms with van der Waals surface area (Å²) in [5.41, 5.74) is 26.1. The molecule has 22 nitrogen and oxygen atoms in total. The molecule has 8 amide bonds. The quantitative estimate of drug-likeness (QED) is 0.0584. The molecule has 0 bridgehead atoms. The predicted octanol–water partition coefficient (Wildman–Crippen LogP) is -0.146. The van der Waals surface area contributed by atoms with Crippen LogP contribution in [0.3, 0.4) is 0 Å². The van der Waals surface area contributed by atoms with Crippen molar-refractivity contribution >= 4 is 63.9 Å². The lowest BCUT2D eigenvalue weighted by Crippen LogP contribution is -2.61. The van der Waals surface area contributed by atoms with Crippen LogP contribution in [0.2, 0.25) is 0 Å². The lowest BCUT2D eigenvalue weighted by atomic mass is 9.90. The van der Waals surface area contributed by atoms with Gasteiger partial charge in [-0.3, -0.25) is 43.2 Å². The number of nitrogens with one attached hydrogen (secondary N) is 9. The average molecular weight is 1060 g/mol. The number of H-pyrrole nitrogens is 1. The van der Waals surface area contributed by atoms with Crippen LogP contribution in [0.1, 0.15) is 109 Å². The van der Waals surface area contributed by atoms with Crippen molar-refractivity contribution in [3.05, 3.63) is 71.9 Å². The van der Waals surface area contributed by atoms with E-state index in [4.69, 9.17) is 22.9 Å². The van der Waals surface area contributed by atoms with Crippen LogP contribution < -0.4 is 65.5 Å². The van der Waals surface area contributed by atoms with E-state index in [2.05, 4.69) is 54.4 Å². The minimum Gasteiger partial charge on any atom is -0.361 e. The van der Waals surface area contributed by atoms with E-state index in [1.807, 2.05) is 38.1 Å². The van der Waals surface area contributed by atoms with Crippen molar-refractivity contribution in [1.82, 2.24) is 47.5 Å². The normalized spacial score (nSPS) is 22.4. The highest BCUT2D eigenvalue weighted by atomic mass is 16.2. The molecule has 1 aromatic heterocycles. The highest BCUT2D eigenvalue weighted by molar-refractivity contribution is 5.98. The van der Waals surface area contributed by atoms with Crippen LogP contribution in [0.5, 0.6) is 0 Å². The summed E-state index contributed by atoms with van der Waals surface area (Å²) >= 11 is 0. The van der Waals surface area contributed by atoms with Crippen molar-refractivity contribution in [2.24, 2.45) is 34.8 Å². The highest BCUT2D eigenvalue weighted by Gasteiger charge is 2.36. The van der Waals surface area contributed by atoms with Crippen LogP contribution in [0, 0.1) is 11.8 Å². The van der Waals surface area contributed by atoms with E-state index in [9.17, 15) is 43.2 Å². The maximum Gasteiger partial charge on any atom is 0.244 e. The second-order valence-corrected chi connectivity index (χ2v) is 19.9. The largest absolute Gasteiger partial charge is 0.361 e. The number of fused-ring (bicyclic) bond motifs is 1. The van der Waals surface area contributed by atoms with Gasteiger partial charge in [-0.1, -0.05) is 95.0 Å². The molecule has 1 aliphatic heterocycles. The average Bonchev–Trinajstić information content (AvgIpc) is 3.80. The fourth-order valence-electron chi connectivity index (χ4n) is 9.10. The van der Waals surface area contributed by atoms with Gasteiger partial charge in [-0.2, -0.15) is 0 Å². The molecule has 0 spiro atoms. The summed E-state index contributed by atoms with van der Waals surface area (Å²) in [7, 11) is 0.